The highest BCUT2D eigenvalue weighted by atomic mass is 16.5. The van der Waals surface area contributed by atoms with Crippen LogP contribution in [0.1, 0.15) is 35.8 Å². The van der Waals surface area contributed by atoms with Crippen molar-refractivity contribution in [3.63, 3.8) is 0 Å². The Bertz CT molecular complexity index is 476. The molecule has 1 N–H and O–H groups in total. The van der Waals surface area contributed by atoms with Crippen molar-refractivity contribution in [1.29, 1.82) is 0 Å². The first kappa shape index (κ1) is 14.8. The molecule has 0 aromatic carbocycles. The van der Waals surface area contributed by atoms with Crippen molar-refractivity contribution in [2.75, 3.05) is 32.1 Å². The fraction of sp³-hybridized carbons (Fsp3) is 0.600. The van der Waals surface area contributed by atoms with Gasteiger partial charge in [-0.1, -0.05) is 0 Å². The number of pyridine rings is 1. The summed E-state index contributed by atoms with van der Waals surface area (Å²) in [6.45, 7) is 6.19. The Hall–Kier alpha value is -1.62. The van der Waals surface area contributed by atoms with Gasteiger partial charge in [-0.15, -0.1) is 0 Å². The molecule has 0 saturated carbocycles. The van der Waals surface area contributed by atoms with Gasteiger partial charge >= 0.3 is 0 Å². The topological polar surface area (TPSA) is 54.5 Å². The van der Waals surface area contributed by atoms with Crippen LogP contribution in [0, 0.1) is 6.92 Å². The van der Waals surface area contributed by atoms with Gasteiger partial charge in [0.25, 0.3) is 5.91 Å². The summed E-state index contributed by atoms with van der Waals surface area (Å²) >= 11 is 0. The van der Waals surface area contributed by atoms with Crippen LogP contribution < -0.4 is 5.32 Å². The Morgan fingerprint density at radius 3 is 3.05 bits per heavy atom. The van der Waals surface area contributed by atoms with E-state index in [-0.39, 0.29) is 12.0 Å². The third-order valence-corrected chi connectivity index (χ3v) is 3.56. The van der Waals surface area contributed by atoms with E-state index in [0.717, 1.165) is 37.4 Å². The number of carbonyl (C=O) groups is 1. The lowest BCUT2D eigenvalue weighted by atomic mass is 10.1. The van der Waals surface area contributed by atoms with Gasteiger partial charge in [0.15, 0.2) is 0 Å². The summed E-state index contributed by atoms with van der Waals surface area (Å²) in [5.74, 6) is 0.826. The fourth-order valence-electron chi connectivity index (χ4n) is 2.56. The number of aromatic nitrogens is 1. The van der Waals surface area contributed by atoms with Crippen LogP contribution in [0.25, 0.3) is 0 Å². The van der Waals surface area contributed by atoms with E-state index >= 15 is 0 Å². The summed E-state index contributed by atoms with van der Waals surface area (Å²) in [5.41, 5.74) is 1.55. The Morgan fingerprint density at radius 1 is 1.55 bits per heavy atom. The van der Waals surface area contributed by atoms with Crippen LogP contribution in [0.15, 0.2) is 12.1 Å². The van der Waals surface area contributed by atoms with Crippen molar-refractivity contribution in [2.45, 2.75) is 32.8 Å². The predicted molar refractivity (Wildman–Crippen MR) is 79.1 cm³/mol. The standard InChI is InChI=1S/C15H23N3O2/c1-4-16-14-9-12(8-11(2)17-14)15(19)18-7-5-6-13(10-18)20-3/h8-9,13H,4-7,10H2,1-3H3,(H,16,17). The molecule has 110 valence electrons. The minimum Gasteiger partial charge on any atom is -0.380 e. The number of rotatable bonds is 4. The number of nitrogens with zero attached hydrogens (tertiary/aromatic N) is 2. The molecule has 1 saturated heterocycles. The lowest BCUT2D eigenvalue weighted by Crippen LogP contribution is -2.42. The number of ether oxygens (including phenoxy) is 1. The highest BCUT2D eigenvalue weighted by Gasteiger charge is 2.24. The fourth-order valence-corrected chi connectivity index (χ4v) is 2.56. The number of nitrogens with one attached hydrogen (secondary N) is 1. The molecule has 2 heterocycles. The number of anilines is 1. The smallest absolute Gasteiger partial charge is 0.254 e. The second-order valence-electron chi connectivity index (χ2n) is 5.16. The van der Waals surface area contributed by atoms with Crippen molar-refractivity contribution < 1.29 is 9.53 Å². The Balaban J connectivity index is 2.15. The zero-order valence-corrected chi connectivity index (χ0v) is 12.5. The summed E-state index contributed by atoms with van der Waals surface area (Å²) < 4.78 is 5.37. The lowest BCUT2D eigenvalue weighted by Gasteiger charge is -2.32. The number of hydrogen-bond donors (Lipinski definition) is 1. The molecule has 0 bridgehead atoms. The van der Waals surface area contributed by atoms with Gasteiger partial charge in [-0.2, -0.15) is 0 Å². The van der Waals surface area contributed by atoms with Crippen molar-refractivity contribution in [1.82, 2.24) is 9.88 Å². The van der Waals surface area contributed by atoms with Crippen LogP contribution >= 0.6 is 0 Å². The predicted octanol–water partition coefficient (Wildman–Crippen LogP) is 2.07. The summed E-state index contributed by atoms with van der Waals surface area (Å²) in [6.07, 6.45) is 2.18. The molecule has 1 atom stereocenters. The number of amides is 1. The molecule has 5 nitrogen and oxygen atoms in total. The van der Waals surface area contributed by atoms with Crippen LogP contribution in [0.3, 0.4) is 0 Å². The maximum absolute atomic E-state index is 12.6. The van der Waals surface area contributed by atoms with Gasteiger partial charge in [-0.3, -0.25) is 4.79 Å². The molecule has 1 aromatic rings. The van der Waals surface area contributed by atoms with Crippen LogP contribution in [-0.2, 0) is 4.74 Å². The number of carbonyl (C=O) groups excluding carboxylic acids is 1. The minimum atomic E-state index is 0.0661. The third-order valence-electron chi connectivity index (χ3n) is 3.56. The highest BCUT2D eigenvalue weighted by Crippen LogP contribution is 2.17. The molecule has 1 unspecified atom stereocenters. The zero-order chi connectivity index (χ0) is 14.5. The van der Waals surface area contributed by atoms with E-state index in [1.54, 1.807) is 7.11 Å². The third kappa shape index (κ3) is 3.48. The molecule has 20 heavy (non-hydrogen) atoms. The van der Waals surface area contributed by atoms with Crippen LogP contribution in [0.5, 0.6) is 0 Å². The summed E-state index contributed by atoms with van der Waals surface area (Å²) in [7, 11) is 1.71. The molecule has 0 radical (unpaired) electrons. The second kappa shape index (κ2) is 6.70. The SMILES string of the molecule is CCNc1cc(C(=O)N2CCCC(OC)C2)cc(C)n1. The van der Waals surface area contributed by atoms with Gasteiger partial charge in [-0.25, -0.2) is 4.98 Å². The Kier molecular flexibility index (Phi) is 4.95. The molecule has 0 spiro atoms. The van der Waals surface area contributed by atoms with E-state index in [0.29, 0.717) is 12.1 Å². The highest BCUT2D eigenvalue weighted by molar-refractivity contribution is 5.95. The molecule has 5 heteroatoms. The largest absolute Gasteiger partial charge is 0.380 e. The van der Waals surface area contributed by atoms with Crippen LogP contribution in [0.2, 0.25) is 0 Å². The second-order valence-corrected chi connectivity index (χ2v) is 5.16. The van der Waals surface area contributed by atoms with Gasteiger partial charge in [0.2, 0.25) is 0 Å². The quantitative estimate of drug-likeness (QED) is 0.915. The molecule has 1 aliphatic heterocycles. The van der Waals surface area contributed by atoms with Gasteiger partial charge in [0.05, 0.1) is 6.10 Å². The molecule has 1 aromatic heterocycles. The van der Waals surface area contributed by atoms with Gasteiger partial charge < -0.3 is 15.0 Å². The summed E-state index contributed by atoms with van der Waals surface area (Å²) in [6, 6.07) is 3.68. The van der Waals surface area contributed by atoms with Crippen LogP contribution in [-0.4, -0.2) is 48.6 Å². The maximum Gasteiger partial charge on any atom is 0.254 e. The normalized spacial score (nSPS) is 18.9. The van der Waals surface area contributed by atoms with Crippen molar-refractivity contribution in [3.8, 4) is 0 Å². The van der Waals surface area contributed by atoms with Crippen LogP contribution in [0.4, 0.5) is 5.82 Å². The first-order chi connectivity index (χ1) is 9.63. The zero-order valence-electron chi connectivity index (χ0n) is 12.5. The molecule has 1 amide bonds. The van der Waals surface area contributed by atoms with Crippen molar-refractivity contribution in [2.24, 2.45) is 0 Å². The first-order valence-corrected chi connectivity index (χ1v) is 7.18. The lowest BCUT2D eigenvalue weighted by molar-refractivity contribution is 0.0269. The number of methoxy groups -OCH3 is 1. The van der Waals surface area contributed by atoms with E-state index in [2.05, 4.69) is 10.3 Å². The molecule has 1 aliphatic rings. The van der Waals surface area contributed by atoms with E-state index in [1.165, 1.54) is 0 Å². The minimum absolute atomic E-state index is 0.0661. The molecular weight excluding hydrogens is 254 g/mol. The summed E-state index contributed by atoms with van der Waals surface area (Å²) in [5, 5.41) is 3.16. The van der Waals surface area contributed by atoms with E-state index in [1.807, 2.05) is 30.9 Å². The monoisotopic (exact) mass is 277 g/mol. The number of aryl methyl sites for hydroxylation is 1. The number of piperidine rings is 1. The molecule has 2 rings (SSSR count). The number of hydrogen-bond acceptors (Lipinski definition) is 4. The summed E-state index contributed by atoms with van der Waals surface area (Å²) in [4.78, 5) is 18.8. The van der Waals surface area contributed by atoms with E-state index in [4.69, 9.17) is 4.74 Å². The molecule has 1 fully saturated rings. The van der Waals surface area contributed by atoms with Crippen molar-refractivity contribution >= 4 is 11.7 Å². The van der Waals surface area contributed by atoms with Gasteiger partial charge in [-0.05, 0) is 38.8 Å². The Labute approximate surface area is 120 Å². The maximum atomic E-state index is 12.6. The van der Waals surface area contributed by atoms with Gasteiger partial charge in [0.1, 0.15) is 5.82 Å². The molecular formula is C15H23N3O2. The Morgan fingerprint density at radius 2 is 2.35 bits per heavy atom. The van der Waals surface area contributed by atoms with Crippen molar-refractivity contribution in [3.05, 3.63) is 23.4 Å². The van der Waals surface area contributed by atoms with Gasteiger partial charge in [0, 0.05) is 38.0 Å². The van der Waals surface area contributed by atoms with E-state index in [9.17, 15) is 4.79 Å². The first-order valence-electron chi connectivity index (χ1n) is 7.18. The average molecular weight is 277 g/mol. The number of likely N-dealkylation sites (tertiary alicyclic amines) is 1. The molecule has 0 aliphatic carbocycles. The van der Waals surface area contributed by atoms with E-state index < -0.39 is 0 Å². The average Bonchev–Trinajstić information content (AvgIpc) is 2.46.